The van der Waals surface area contributed by atoms with Gasteiger partial charge in [0.05, 0.1) is 6.10 Å². The molecule has 2 atom stereocenters. The van der Waals surface area contributed by atoms with Crippen molar-refractivity contribution in [1.82, 2.24) is 4.57 Å². The molecule has 1 N–H and O–H groups in total. The highest BCUT2D eigenvalue weighted by atomic mass is 16.3. The van der Waals surface area contributed by atoms with Crippen LogP contribution in [0.25, 0.3) is 0 Å². The van der Waals surface area contributed by atoms with E-state index in [1.807, 2.05) is 0 Å². The Bertz CT molecular complexity index is 558. The number of fused-ring (bicyclic) bond motifs is 1. The number of aryl methyl sites for hydroxylation is 1. The van der Waals surface area contributed by atoms with Gasteiger partial charge in [-0.05, 0) is 43.2 Å². The van der Waals surface area contributed by atoms with E-state index in [2.05, 4.69) is 54.1 Å². The van der Waals surface area contributed by atoms with Gasteiger partial charge in [-0.3, -0.25) is 0 Å². The van der Waals surface area contributed by atoms with E-state index in [-0.39, 0.29) is 6.10 Å². The van der Waals surface area contributed by atoms with Crippen molar-refractivity contribution in [3.05, 3.63) is 59.4 Å². The van der Waals surface area contributed by atoms with Crippen molar-refractivity contribution in [1.29, 1.82) is 0 Å². The summed E-state index contributed by atoms with van der Waals surface area (Å²) in [4.78, 5) is 0. The zero-order valence-electron chi connectivity index (χ0n) is 12.1. The lowest BCUT2D eigenvalue weighted by Gasteiger charge is -2.21. The fourth-order valence-corrected chi connectivity index (χ4v) is 3.22. The van der Waals surface area contributed by atoms with E-state index >= 15 is 0 Å². The van der Waals surface area contributed by atoms with Crippen molar-refractivity contribution in [2.75, 3.05) is 0 Å². The van der Waals surface area contributed by atoms with E-state index < -0.39 is 0 Å². The molecule has 20 heavy (non-hydrogen) atoms. The minimum absolute atomic E-state index is 0.244. The van der Waals surface area contributed by atoms with Crippen molar-refractivity contribution in [2.45, 2.75) is 51.2 Å². The molecule has 0 fully saturated rings. The monoisotopic (exact) mass is 269 g/mol. The lowest BCUT2D eigenvalue weighted by molar-refractivity contribution is 0.155. The molecule has 1 aliphatic carbocycles. The van der Waals surface area contributed by atoms with Crippen LogP contribution in [0.5, 0.6) is 0 Å². The van der Waals surface area contributed by atoms with Crippen LogP contribution in [-0.2, 0) is 13.0 Å². The zero-order valence-corrected chi connectivity index (χ0v) is 12.1. The molecule has 0 radical (unpaired) electrons. The standard InChI is InChI=1S/C18H23NO/c1-14(15-6-3-2-4-7-15)10-12-19-13-11-16-17(19)8-5-9-18(16)20/h2-4,6-7,11,13-14,18,20H,5,8-10,12H2,1H3. The molecule has 1 heterocycles. The summed E-state index contributed by atoms with van der Waals surface area (Å²) in [6.07, 6.45) is 6.17. The number of hydrogen-bond donors (Lipinski definition) is 1. The molecule has 0 saturated heterocycles. The van der Waals surface area contributed by atoms with Gasteiger partial charge in [0.1, 0.15) is 0 Å². The number of rotatable bonds is 4. The van der Waals surface area contributed by atoms with Crippen LogP contribution in [0.15, 0.2) is 42.6 Å². The quantitative estimate of drug-likeness (QED) is 0.890. The predicted octanol–water partition coefficient (Wildman–Crippen LogP) is 4.05. The normalized spacial score (nSPS) is 19.6. The summed E-state index contributed by atoms with van der Waals surface area (Å²) in [5.74, 6) is 0.572. The third-order valence-electron chi connectivity index (χ3n) is 4.54. The summed E-state index contributed by atoms with van der Waals surface area (Å²) < 4.78 is 2.34. The second-order valence-corrected chi connectivity index (χ2v) is 5.92. The molecule has 0 aliphatic heterocycles. The van der Waals surface area contributed by atoms with E-state index in [1.165, 1.54) is 11.3 Å². The molecule has 2 heteroatoms. The van der Waals surface area contributed by atoms with Gasteiger partial charge in [-0.1, -0.05) is 37.3 Å². The number of nitrogens with zero attached hydrogens (tertiary/aromatic N) is 1. The van der Waals surface area contributed by atoms with Crippen molar-refractivity contribution >= 4 is 0 Å². The number of aliphatic hydroxyl groups is 1. The smallest absolute Gasteiger partial charge is 0.0807 e. The molecule has 2 nitrogen and oxygen atoms in total. The summed E-state index contributed by atoms with van der Waals surface area (Å²) in [6.45, 7) is 3.33. The van der Waals surface area contributed by atoms with Crippen LogP contribution >= 0.6 is 0 Å². The predicted molar refractivity (Wildman–Crippen MR) is 81.8 cm³/mol. The molecule has 1 aliphatic rings. The Morgan fingerprint density at radius 3 is 2.85 bits per heavy atom. The van der Waals surface area contributed by atoms with E-state index in [9.17, 15) is 5.11 Å². The molecular formula is C18H23NO. The fourth-order valence-electron chi connectivity index (χ4n) is 3.22. The van der Waals surface area contributed by atoms with Gasteiger partial charge < -0.3 is 9.67 Å². The molecule has 1 aromatic carbocycles. The maximum Gasteiger partial charge on any atom is 0.0807 e. The summed E-state index contributed by atoms with van der Waals surface area (Å²) in [7, 11) is 0. The van der Waals surface area contributed by atoms with E-state index in [4.69, 9.17) is 0 Å². The average molecular weight is 269 g/mol. The summed E-state index contributed by atoms with van der Waals surface area (Å²) in [5.41, 5.74) is 3.92. The maximum absolute atomic E-state index is 10.0. The SMILES string of the molecule is CC(CCn1ccc2c1CCCC2O)c1ccccc1. The van der Waals surface area contributed by atoms with Gasteiger partial charge in [0.15, 0.2) is 0 Å². The van der Waals surface area contributed by atoms with Gasteiger partial charge in [-0.25, -0.2) is 0 Å². The van der Waals surface area contributed by atoms with Gasteiger partial charge in [0, 0.05) is 24.0 Å². The Morgan fingerprint density at radius 1 is 1.25 bits per heavy atom. The lowest BCUT2D eigenvalue weighted by atomic mass is 9.95. The highest BCUT2D eigenvalue weighted by molar-refractivity contribution is 5.27. The summed E-state index contributed by atoms with van der Waals surface area (Å²) in [5, 5.41) is 10.0. The topological polar surface area (TPSA) is 25.2 Å². The largest absolute Gasteiger partial charge is 0.388 e. The van der Waals surface area contributed by atoms with Crippen molar-refractivity contribution < 1.29 is 5.11 Å². The minimum Gasteiger partial charge on any atom is -0.388 e. The van der Waals surface area contributed by atoms with Crippen LogP contribution in [0.2, 0.25) is 0 Å². The van der Waals surface area contributed by atoms with Crippen molar-refractivity contribution in [3.63, 3.8) is 0 Å². The Hall–Kier alpha value is -1.54. The van der Waals surface area contributed by atoms with E-state index in [0.717, 1.165) is 37.8 Å². The van der Waals surface area contributed by atoms with Crippen LogP contribution in [0, 0.1) is 0 Å². The van der Waals surface area contributed by atoms with Crippen LogP contribution in [0.3, 0.4) is 0 Å². The van der Waals surface area contributed by atoms with Gasteiger partial charge in [0.25, 0.3) is 0 Å². The molecule has 0 spiro atoms. The molecule has 0 saturated carbocycles. The summed E-state index contributed by atoms with van der Waals surface area (Å²) in [6, 6.07) is 12.8. The molecule has 0 bridgehead atoms. The first kappa shape index (κ1) is 13.4. The highest BCUT2D eigenvalue weighted by Crippen LogP contribution is 2.31. The fraction of sp³-hybridized carbons (Fsp3) is 0.444. The van der Waals surface area contributed by atoms with Crippen LogP contribution < -0.4 is 0 Å². The molecule has 0 amide bonds. The van der Waals surface area contributed by atoms with Crippen LogP contribution in [0.1, 0.15) is 55.0 Å². The number of benzene rings is 1. The van der Waals surface area contributed by atoms with Crippen molar-refractivity contribution in [3.8, 4) is 0 Å². The van der Waals surface area contributed by atoms with Crippen molar-refractivity contribution in [2.24, 2.45) is 0 Å². The Balaban J connectivity index is 1.67. The highest BCUT2D eigenvalue weighted by Gasteiger charge is 2.21. The molecule has 2 unspecified atom stereocenters. The summed E-state index contributed by atoms with van der Waals surface area (Å²) >= 11 is 0. The van der Waals surface area contributed by atoms with Gasteiger partial charge >= 0.3 is 0 Å². The van der Waals surface area contributed by atoms with Gasteiger partial charge in [0.2, 0.25) is 0 Å². The van der Waals surface area contributed by atoms with Gasteiger partial charge in [-0.2, -0.15) is 0 Å². The van der Waals surface area contributed by atoms with Gasteiger partial charge in [-0.15, -0.1) is 0 Å². The first-order valence-electron chi connectivity index (χ1n) is 7.66. The molecule has 106 valence electrons. The molecular weight excluding hydrogens is 246 g/mol. The number of aromatic nitrogens is 1. The third-order valence-corrected chi connectivity index (χ3v) is 4.54. The lowest BCUT2D eigenvalue weighted by Crippen LogP contribution is -2.12. The molecule has 2 aromatic rings. The zero-order chi connectivity index (χ0) is 13.9. The minimum atomic E-state index is -0.244. The molecule has 1 aromatic heterocycles. The molecule has 3 rings (SSSR count). The van der Waals surface area contributed by atoms with Crippen LogP contribution in [0.4, 0.5) is 0 Å². The number of hydrogen-bond acceptors (Lipinski definition) is 1. The third kappa shape index (κ3) is 2.66. The Kier molecular flexibility index (Phi) is 3.93. The second kappa shape index (κ2) is 5.84. The Morgan fingerprint density at radius 2 is 2.05 bits per heavy atom. The van der Waals surface area contributed by atoms with E-state index in [0.29, 0.717) is 5.92 Å². The second-order valence-electron chi connectivity index (χ2n) is 5.92. The first-order chi connectivity index (χ1) is 9.75. The Labute approximate surface area is 121 Å². The first-order valence-corrected chi connectivity index (χ1v) is 7.66. The maximum atomic E-state index is 10.0. The van der Waals surface area contributed by atoms with E-state index in [1.54, 1.807) is 0 Å². The average Bonchev–Trinajstić information content (AvgIpc) is 2.90. The number of aliphatic hydroxyl groups excluding tert-OH is 1. The van der Waals surface area contributed by atoms with Crippen LogP contribution in [-0.4, -0.2) is 9.67 Å².